The van der Waals surface area contributed by atoms with Gasteiger partial charge in [-0.05, 0) is 41.3 Å². The highest BCUT2D eigenvalue weighted by atomic mass is 19.1. The molecule has 0 radical (unpaired) electrons. The van der Waals surface area contributed by atoms with Gasteiger partial charge in [-0.2, -0.15) is 0 Å². The van der Waals surface area contributed by atoms with Gasteiger partial charge in [-0.15, -0.1) is 0 Å². The van der Waals surface area contributed by atoms with Crippen LogP contribution < -0.4 is 20.3 Å². The fourth-order valence-electron chi connectivity index (χ4n) is 4.96. The van der Waals surface area contributed by atoms with Crippen molar-refractivity contribution in [2.45, 2.75) is 37.8 Å². The second-order valence-corrected chi connectivity index (χ2v) is 8.77. The Labute approximate surface area is 190 Å². The minimum absolute atomic E-state index is 0.0537. The van der Waals surface area contributed by atoms with Crippen LogP contribution in [0.15, 0.2) is 47.3 Å². The van der Waals surface area contributed by atoms with Gasteiger partial charge in [0.15, 0.2) is 17.8 Å². The van der Waals surface area contributed by atoms with Gasteiger partial charge >= 0.3 is 0 Å². The van der Waals surface area contributed by atoms with Crippen molar-refractivity contribution >= 4 is 10.9 Å². The van der Waals surface area contributed by atoms with E-state index in [0.717, 1.165) is 22.4 Å². The maximum Gasteiger partial charge on any atom is 0.251 e. The number of nitrogens with one attached hydrogen (secondary N) is 1. The summed E-state index contributed by atoms with van der Waals surface area (Å²) in [5, 5.41) is 4.33. The van der Waals surface area contributed by atoms with E-state index >= 15 is 0 Å². The number of pyridine rings is 1. The van der Waals surface area contributed by atoms with Crippen LogP contribution in [0.2, 0.25) is 0 Å². The number of rotatable bonds is 5. The molecule has 172 valence electrons. The summed E-state index contributed by atoms with van der Waals surface area (Å²) in [6.45, 7) is 3.25. The minimum Gasteiger partial charge on any atom is -0.486 e. The number of hydrogen-bond donors (Lipinski definition) is 1. The Hall–Kier alpha value is -2.94. The lowest BCUT2D eigenvalue weighted by atomic mass is 9.95. The zero-order chi connectivity index (χ0) is 22.4. The van der Waals surface area contributed by atoms with Crippen molar-refractivity contribution in [1.29, 1.82) is 0 Å². The van der Waals surface area contributed by atoms with Gasteiger partial charge in [0.25, 0.3) is 5.56 Å². The van der Waals surface area contributed by atoms with Crippen LogP contribution >= 0.6 is 0 Å². The highest BCUT2D eigenvalue weighted by Crippen LogP contribution is 2.38. The summed E-state index contributed by atoms with van der Waals surface area (Å²) in [4.78, 5) is 12.3. The largest absolute Gasteiger partial charge is 0.486 e. The van der Waals surface area contributed by atoms with E-state index in [4.69, 9.17) is 18.9 Å². The van der Waals surface area contributed by atoms with Crippen molar-refractivity contribution < 1.29 is 23.3 Å². The number of aromatic nitrogens is 1. The van der Waals surface area contributed by atoms with Gasteiger partial charge in [0.05, 0.1) is 24.8 Å². The highest BCUT2D eigenvalue weighted by Gasteiger charge is 2.33. The number of benzene rings is 2. The second kappa shape index (κ2) is 8.44. The molecular weight excluding hydrogens is 427 g/mol. The fraction of sp³-hybridized carbons (Fsp3) is 0.400. The number of ether oxygens (including phenoxy) is 4. The molecule has 1 atom stereocenters. The Balaban J connectivity index is 1.06. The minimum atomic E-state index is -0.429. The van der Waals surface area contributed by atoms with Gasteiger partial charge in [-0.1, -0.05) is 6.07 Å². The third-order valence-electron chi connectivity index (χ3n) is 6.59. The van der Waals surface area contributed by atoms with Crippen LogP contribution in [-0.2, 0) is 22.6 Å². The molecule has 6 rings (SSSR count). The van der Waals surface area contributed by atoms with Crippen LogP contribution in [0.4, 0.5) is 4.39 Å². The molecule has 1 aromatic heterocycles. The van der Waals surface area contributed by atoms with E-state index in [0.29, 0.717) is 57.0 Å². The average molecular weight is 452 g/mol. The molecule has 0 saturated carbocycles. The molecule has 0 amide bonds. The van der Waals surface area contributed by atoms with Crippen LogP contribution in [0.3, 0.4) is 0 Å². The summed E-state index contributed by atoms with van der Waals surface area (Å²) >= 11 is 0. The number of fused-ring (bicyclic) bond motifs is 1. The molecule has 0 bridgehead atoms. The first kappa shape index (κ1) is 20.7. The highest BCUT2D eigenvalue weighted by molar-refractivity contribution is 5.84. The predicted octanol–water partition coefficient (Wildman–Crippen LogP) is 2.93. The maximum atomic E-state index is 14.7. The Morgan fingerprint density at radius 2 is 1.79 bits per heavy atom. The Bertz CT molecular complexity index is 1250. The van der Waals surface area contributed by atoms with E-state index in [-0.39, 0.29) is 23.3 Å². The zero-order valence-electron chi connectivity index (χ0n) is 18.1. The van der Waals surface area contributed by atoms with E-state index < -0.39 is 6.29 Å². The van der Waals surface area contributed by atoms with Crippen molar-refractivity contribution in [2.75, 3.05) is 26.4 Å². The average Bonchev–Trinajstić information content (AvgIpc) is 3.23. The van der Waals surface area contributed by atoms with E-state index in [1.165, 1.54) is 12.1 Å². The molecule has 3 aliphatic heterocycles. The lowest BCUT2D eigenvalue weighted by Gasteiger charge is -2.31. The van der Waals surface area contributed by atoms with Crippen LogP contribution in [0.25, 0.3) is 10.9 Å². The third kappa shape index (κ3) is 3.88. The smallest absolute Gasteiger partial charge is 0.251 e. The van der Waals surface area contributed by atoms with Crippen LogP contribution in [-0.4, -0.2) is 43.3 Å². The molecule has 4 heterocycles. The summed E-state index contributed by atoms with van der Waals surface area (Å²) in [5.74, 6) is 1.12. The number of nitrogens with zero attached hydrogens (tertiary/aromatic N) is 1. The molecule has 8 heteroatoms. The first-order chi connectivity index (χ1) is 16.2. The lowest BCUT2D eigenvalue weighted by Crippen LogP contribution is -2.44. The molecule has 0 aliphatic carbocycles. The van der Waals surface area contributed by atoms with Crippen LogP contribution in [0.1, 0.15) is 23.5 Å². The first-order valence-electron chi connectivity index (χ1n) is 11.3. The van der Waals surface area contributed by atoms with Gasteiger partial charge < -0.3 is 28.8 Å². The summed E-state index contributed by atoms with van der Waals surface area (Å²) in [6, 6.07) is 12.5. The van der Waals surface area contributed by atoms with E-state index in [9.17, 15) is 9.18 Å². The van der Waals surface area contributed by atoms with Crippen molar-refractivity contribution in [2.24, 2.45) is 0 Å². The quantitative estimate of drug-likeness (QED) is 0.642. The SMILES string of the molecule is O=c1ccc2ccc(F)c3c2n1CC3CC1OCC(NCc2ccc3c(c2)OCCO3)CO1. The molecule has 3 aromatic rings. The number of hydrogen-bond acceptors (Lipinski definition) is 6. The van der Waals surface area contributed by atoms with Gasteiger partial charge in [0, 0.05) is 37.1 Å². The van der Waals surface area contributed by atoms with Gasteiger partial charge in [0.1, 0.15) is 19.0 Å². The topological polar surface area (TPSA) is 71.0 Å². The Morgan fingerprint density at radius 3 is 2.64 bits per heavy atom. The molecule has 7 nitrogen and oxygen atoms in total. The molecular formula is C25H25FN2O5. The normalized spacial score (nSPS) is 23.7. The number of halogens is 1. The van der Waals surface area contributed by atoms with Crippen molar-refractivity contribution in [1.82, 2.24) is 9.88 Å². The summed E-state index contributed by atoms with van der Waals surface area (Å²) in [6.07, 6.45) is 0.0773. The fourth-order valence-corrected chi connectivity index (χ4v) is 4.96. The van der Waals surface area contributed by atoms with Crippen molar-refractivity contribution in [3.05, 3.63) is 69.8 Å². The van der Waals surface area contributed by atoms with Crippen LogP contribution in [0.5, 0.6) is 11.5 Å². The van der Waals surface area contributed by atoms with Crippen molar-refractivity contribution in [3.63, 3.8) is 0 Å². The molecule has 1 fully saturated rings. The monoisotopic (exact) mass is 452 g/mol. The van der Waals surface area contributed by atoms with Crippen molar-refractivity contribution in [3.8, 4) is 11.5 Å². The van der Waals surface area contributed by atoms with E-state index in [1.807, 2.05) is 18.2 Å². The van der Waals surface area contributed by atoms with Gasteiger partial charge in [-0.25, -0.2) is 4.39 Å². The molecule has 33 heavy (non-hydrogen) atoms. The van der Waals surface area contributed by atoms with Gasteiger partial charge in [-0.3, -0.25) is 4.79 Å². The molecule has 1 saturated heterocycles. The predicted molar refractivity (Wildman–Crippen MR) is 119 cm³/mol. The molecule has 2 aromatic carbocycles. The Kier molecular flexibility index (Phi) is 5.28. The maximum absolute atomic E-state index is 14.7. The van der Waals surface area contributed by atoms with Gasteiger partial charge in [0.2, 0.25) is 0 Å². The van der Waals surface area contributed by atoms with E-state index in [2.05, 4.69) is 5.32 Å². The first-order valence-corrected chi connectivity index (χ1v) is 11.3. The van der Waals surface area contributed by atoms with Crippen LogP contribution in [0, 0.1) is 5.82 Å². The summed E-state index contributed by atoms with van der Waals surface area (Å²) in [7, 11) is 0. The second-order valence-electron chi connectivity index (χ2n) is 8.77. The third-order valence-corrected chi connectivity index (χ3v) is 6.59. The summed E-state index contributed by atoms with van der Waals surface area (Å²) in [5.41, 5.74) is 2.28. The van der Waals surface area contributed by atoms with E-state index in [1.54, 1.807) is 16.7 Å². The molecule has 3 aliphatic rings. The molecule has 0 spiro atoms. The molecule has 1 unspecified atom stereocenters. The zero-order valence-corrected chi connectivity index (χ0v) is 18.1. The molecule has 1 N–H and O–H groups in total. The Morgan fingerprint density at radius 1 is 1.00 bits per heavy atom. The summed E-state index contributed by atoms with van der Waals surface area (Å²) < 4.78 is 39.5. The lowest BCUT2D eigenvalue weighted by molar-refractivity contribution is -0.194. The standard InChI is InChI=1S/C25H25FN2O5/c26-19-4-2-16-3-6-22(29)28-12-17(24(19)25(16)28)10-23-32-13-18(14-33-23)27-11-15-1-5-20-21(9-15)31-8-7-30-20/h1-6,9,17-18,23,27H,7-8,10-14H2.